The number of thiophene rings is 1. The predicted molar refractivity (Wildman–Crippen MR) is 68.9 cm³/mol. The highest BCUT2D eigenvalue weighted by Crippen LogP contribution is 2.43. The van der Waals surface area contributed by atoms with E-state index in [0.717, 1.165) is 6.42 Å². The zero-order valence-corrected chi connectivity index (χ0v) is 10.1. The Morgan fingerprint density at radius 1 is 1.31 bits per heavy atom. The molecule has 2 atom stereocenters. The molecule has 16 heavy (non-hydrogen) atoms. The van der Waals surface area contributed by atoms with Gasteiger partial charge in [-0.05, 0) is 41.5 Å². The maximum Gasteiger partial charge on any atom is 0.0378 e. The maximum absolute atomic E-state index is 6.37. The zero-order valence-electron chi connectivity index (χ0n) is 9.31. The SMILES string of the molecule is Cc1sccc1C(N)C1Cc2ccccc21. The average molecular weight is 229 g/mol. The van der Waals surface area contributed by atoms with Crippen molar-refractivity contribution in [3.8, 4) is 0 Å². The summed E-state index contributed by atoms with van der Waals surface area (Å²) in [6.45, 7) is 2.16. The standard InChI is InChI=1S/C14H15NS/c1-9-11(6-7-16-9)14(15)13-8-10-4-2-3-5-12(10)13/h2-7,13-14H,8,15H2,1H3. The Labute approximate surface area is 99.9 Å². The van der Waals surface area contributed by atoms with Gasteiger partial charge in [0.1, 0.15) is 0 Å². The van der Waals surface area contributed by atoms with Gasteiger partial charge >= 0.3 is 0 Å². The second-order valence-electron chi connectivity index (χ2n) is 4.47. The van der Waals surface area contributed by atoms with Gasteiger partial charge in [0.25, 0.3) is 0 Å². The van der Waals surface area contributed by atoms with Crippen LogP contribution in [0.25, 0.3) is 0 Å². The molecule has 0 amide bonds. The van der Waals surface area contributed by atoms with Crippen molar-refractivity contribution in [1.29, 1.82) is 0 Å². The highest BCUT2D eigenvalue weighted by Gasteiger charge is 2.32. The van der Waals surface area contributed by atoms with Gasteiger partial charge in [-0.15, -0.1) is 11.3 Å². The first kappa shape index (κ1) is 10.1. The normalized spacial score (nSPS) is 20.0. The molecule has 0 radical (unpaired) electrons. The Bertz CT molecular complexity index is 515. The molecule has 2 aromatic rings. The molecule has 0 saturated carbocycles. The summed E-state index contributed by atoms with van der Waals surface area (Å²) in [6, 6.07) is 11.0. The van der Waals surface area contributed by atoms with Crippen molar-refractivity contribution in [1.82, 2.24) is 0 Å². The molecule has 3 rings (SSSR count). The van der Waals surface area contributed by atoms with Crippen LogP contribution >= 0.6 is 11.3 Å². The third kappa shape index (κ3) is 1.41. The lowest BCUT2D eigenvalue weighted by atomic mass is 9.72. The molecule has 1 aromatic heterocycles. The van der Waals surface area contributed by atoms with Gasteiger partial charge in [-0.25, -0.2) is 0 Å². The van der Waals surface area contributed by atoms with Crippen LogP contribution in [0.1, 0.15) is 33.5 Å². The van der Waals surface area contributed by atoms with Crippen LogP contribution in [-0.2, 0) is 6.42 Å². The zero-order chi connectivity index (χ0) is 11.1. The molecule has 0 spiro atoms. The first-order valence-electron chi connectivity index (χ1n) is 5.65. The molecule has 2 unspecified atom stereocenters. The molecule has 0 fully saturated rings. The molecule has 0 bridgehead atoms. The van der Waals surface area contributed by atoms with E-state index in [4.69, 9.17) is 5.73 Å². The third-order valence-corrected chi connectivity index (χ3v) is 4.45. The van der Waals surface area contributed by atoms with Crippen LogP contribution in [0, 0.1) is 6.92 Å². The van der Waals surface area contributed by atoms with E-state index in [-0.39, 0.29) is 6.04 Å². The van der Waals surface area contributed by atoms with E-state index in [1.807, 2.05) is 0 Å². The van der Waals surface area contributed by atoms with Crippen molar-refractivity contribution in [2.45, 2.75) is 25.3 Å². The minimum atomic E-state index is 0.168. The summed E-state index contributed by atoms with van der Waals surface area (Å²) in [5, 5.41) is 2.13. The number of hydrogen-bond donors (Lipinski definition) is 1. The summed E-state index contributed by atoms with van der Waals surface area (Å²) in [5.74, 6) is 0.518. The van der Waals surface area contributed by atoms with Gasteiger partial charge in [-0.2, -0.15) is 0 Å². The van der Waals surface area contributed by atoms with E-state index >= 15 is 0 Å². The van der Waals surface area contributed by atoms with Crippen molar-refractivity contribution < 1.29 is 0 Å². The number of fused-ring (bicyclic) bond motifs is 1. The Kier molecular flexibility index (Phi) is 2.34. The van der Waals surface area contributed by atoms with Crippen LogP contribution in [0.4, 0.5) is 0 Å². The minimum Gasteiger partial charge on any atom is -0.323 e. The minimum absolute atomic E-state index is 0.168. The molecular formula is C14H15NS. The topological polar surface area (TPSA) is 26.0 Å². The van der Waals surface area contributed by atoms with Crippen molar-refractivity contribution in [2.24, 2.45) is 5.73 Å². The lowest BCUT2D eigenvalue weighted by Gasteiger charge is -2.34. The van der Waals surface area contributed by atoms with Gasteiger partial charge in [0, 0.05) is 16.8 Å². The van der Waals surface area contributed by atoms with Gasteiger partial charge in [0.05, 0.1) is 0 Å². The number of aryl methyl sites for hydroxylation is 1. The fourth-order valence-electron chi connectivity index (χ4n) is 2.58. The quantitative estimate of drug-likeness (QED) is 0.839. The molecule has 82 valence electrons. The fourth-order valence-corrected chi connectivity index (χ4v) is 3.33. The van der Waals surface area contributed by atoms with Gasteiger partial charge in [0.2, 0.25) is 0 Å². The summed E-state index contributed by atoms with van der Waals surface area (Å²) in [4.78, 5) is 1.36. The van der Waals surface area contributed by atoms with E-state index in [2.05, 4.69) is 42.6 Å². The number of rotatable bonds is 2. The van der Waals surface area contributed by atoms with Crippen LogP contribution in [0.5, 0.6) is 0 Å². The monoisotopic (exact) mass is 229 g/mol. The molecule has 2 heteroatoms. The highest BCUT2D eigenvalue weighted by atomic mass is 32.1. The molecule has 1 nitrogen and oxygen atoms in total. The van der Waals surface area contributed by atoms with Crippen molar-refractivity contribution in [3.05, 3.63) is 57.3 Å². The van der Waals surface area contributed by atoms with E-state index in [0.29, 0.717) is 5.92 Å². The Balaban J connectivity index is 1.90. The van der Waals surface area contributed by atoms with Gasteiger partial charge in [-0.1, -0.05) is 24.3 Å². The van der Waals surface area contributed by atoms with Crippen LogP contribution in [-0.4, -0.2) is 0 Å². The lowest BCUT2D eigenvalue weighted by molar-refractivity contribution is 0.499. The second-order valence-corrected chi connectivity index (χ2v) is 5.59. The summed E-state index contributed by atoms with van der Waals surface area (Å²) in [6.07, 6.45) is 1.13. The molecule has 1 aliphatic carbocycles. The highest BCUT2D eigenvalue weighted by molar-refractivity contribution is 7.10. The predicted octanol–water partition coefficient (Wildman–Crippen LogP) is 3.40. The van der Waals surface area contributed by atoms with Gasteiger partial charge < -0.3 is 5.73 Å². The summed E-state index contributed by atoms with van der Waals surface area (Å²) in [7, 11) is 0. The molecule has 2 N–H and O–H groups in total. The van der Waals surface area contributed by atoms with Crippen LogP contribution in [0.15, 0.2) is 35.7 Å². The number of hydrogen-bond acceptors (Lipinski definition) is 2. The van der Waals surface area contributed by atoms with E-state index in [1.54, 1.807) is 11.3 Å². The third-order valence-electron chi connectivity index (χ3n) is 3.59. The maximum atomic E-state index is 6.37. The Hall–Kier alpha value is -1.12. The number of nitrogens with two attached hydrogens (primary N) is 1. The first-order valence-corrected chi connectivity index (χ1v) is 6.52. The molecule has 1 aliphatic rings. The lowest BCUT2D eigenvalue weighted by Crippen LogP contribution is -2.29. The van der Waals surface area contributed by atoms with Crippen molar-refractivity contribution in [3.63, 3.8) is 0 Å². The average Bonchev–Trinajstić information content (AvgIpc) is 2.66. The Morgan fingerprint density at radius 3 is 2.81 bits per heavy atom. The molecule has 1 heterocycles. The molecule has 0 saturated heterocycles. The van der Waals surface area contributed by atoms with Crippen LogP contribution in [0.3, 0.4) is 0 Å². The smallest absolute Gasteiger partial charge is 0.0378 e. The largest absolute Gasteiger partial charge is 0.323 e. The molecule has 0 aliphatic heterocycles. The van der Waals surface area contributed by atoms with E-state index in [1.165, 1.54) is 21.6 Å². The summed E-state index contributed by atoms with van der Waals surface area (Å²) < 4.78 is 0. The molecule has 1 aromatic carbocycles. The van der Waals surface area contributed by atoms with Crippen molar-refractivity contribution in [2.75, 3.05) is 0 Å². The van der Waals surface area contributed by atoms with Gasteiger partial charge in [0.15, 0.2) is 0 Å². The van der Waals surface area contributed by atoms with Gasteiger partial charge in [-0.3, -0.25) is 0 Å². The van der Waals surface area contributed by atoms with Crippen molar-refractivity contribution >= 4 is 11.3 Å². The van der Waals surface area contributed by atoms with Crippen LogP contribution in [0.2, 0.25) is 0 Å². The van der Waals surface area contributed by atoms with Crippen LogP contribution < -0.4 is 5.73 Å². The Morgan fingerprint density at radius 2 is 2.12 bits per heavy atom. The van der Waals surface area contributed by atoms with E-state index in [9.17, 15) is 0 Å². The summed E-state index contributed by atoms with van der Waals surface area (Å²) in [5.41, 5.74) is 10.6. The van der Waals surface area contributed by atoms with E-state index < -0.39 is 0 Å². The second kappa shape index (κ2) is 3.72. The first-order chi connectivity index (χ1) is 7.77. The number of benzene rings is 1. The summed E-state index contributed by atoms with van der Waals surface area (Å²) >= 11 is 1.79. The molecular weight excluding hydrogens is 214 g/mol. The fraction of sp³-hybridized carbons (Fsp3) is 0.286.